The molecule has 1 aromatic rings. The number of rotatable bonds is 4. The topological polar surface area (TPSA) is 46.2 Å². The molecule has 0 heterocycles. The molecule has 0 aliphatic rings. The fraction of sp³-hybridized carbons (Fsp3) is 0.500. The lowest BCUT2D eigenvalue weighted by Gasteiger charge is -2.32. The predicted molar refractivity (Wildman–Crippen MR) is 67.2 cm³/mol. The van der Waals surface area contributed by atoms with Gasteiger partial charge in [-0.25, -0.2) is 8.42 Å². The first-order valence-corrected chi connectivity index (χ1v) is 7.11. The van der Waals surface area contributed by atoms with E-state index in [0.29, 0.717) is 0 Å². The Labute approximate surface area is 97.8 Å². The second-order valence-electron chi connectivity index (χ2n) is 4.51. The standard InChI is InChI=1S/C12H19NO2S/c1-12(2,16(4,14)15)11(13-3)10-8-6-5-7-9-10/h5-9,11,13H,1-4H3. The van der Waals surface area contributed by atoms with E-state index < -0.39 is 14.6 Å². The number of hydrogen-bond donors (Lipinski definition) is 1. The molecule has 0 spiro atoms. The van der Waals surface area contributed by atoms with Crippen LogP contribution in [0.5, 0.6) is 0 Å². The maximum Gasteiger partial charge on any atom is 0.154 e. The van der Waals surface area contributed by atoms with Crippen LogP contribution in [0, 0.1) is 0 Å². The summed E-state index contributed by atoms with van der Waals surface area (Å²) in [7, 11) is -1.34. The molecule has 1 atom stereocenters. The molecule has 0 bridgehead atoms. The van der Waals surface area contributed by atoms with Gasteiger partial charge >= 0.3 is 0 Å². The van der Waals surface area contributed by atoms with Crippen molar-refractivity contribution in [1.82, 2.24) is 5.32 Å². The molecule has 16 heavy (non-hydrogen) atoms. The van der Waals surface area contributed by atoms with Gasteiger partial charge in [0.25, 0.3) is 0 Å². The SMILES string of the molecule is CNC(c1ccccc1)C(C)(C)S(C)(=O)=O. The normalized spacial score (nSPS) is 14.8. The van der Waals surface area contributed by atoms with E-state index in [1.165, 1.54) is 6.26 Å². The largest absolute Gasteiger partial charge is 0.312 e. The summed E-state index contributed by atoms with van der Waals surface area (Å²) in [6.07, 6.45) is 1.28. The Kier molecular flexibility index (Phi) is 3.76. The van der Waals surface area contributed by atoms with Gasteiger partial charge < -0.3 is 5.32 Å². The molecule has 0 aromatic heterocycles. The molecule has 1 N–H and O–H groups in total. The van der Waals surface area contributed by atoms with Crippen molar-refractivity contribution in [3.63, 3.8) is 0 Å². The van der Waals surface area contributed by atoms with E-state index in [4.69, 9.17) is 0 Å². The molecule has 0 fully saturated rings. The average Bonchev–Trinajstić information content (AvgIpc) is 2.18. The van der Waals surface area contributed by atoms with Crippen molar-refractivity contribution in [3.05, 3.63) is 35.9 Å². The van der Waals surface area contributed by atoms with Crippen LogP contribution in [0.25, 0.3) is 0 Å². The lowest BCUT2D eigenvalue weighted by atomic mass is 9.95. The summed E-state index contributed by atoms with van der Waals surface area (Å²) in [5.74, 6) is 0. The quantitative estimate of drug-likeness (QED) is 0.874. The Morgan fingerprint density at radius 3 is 2.06 bits per heavy atom. The van der Waals surface area contributed by atoms with Crippen molar-refractivity contribution in [2.24, 2.45) is 0 Å². The minimum Gasteiger partial charge on any atom is -0.312 e. The Hall–Kier alpha value is -0.870. The number of sulfone groups is 1. The maximum absolute atomic E-state index is 11.8. The third-order valence-electron chi connectivity index (χ3n) is 3.07. The zero-order valence-corrected chi connectivity index (χ0v) is 11.0. The van der Waals surface area contributed by atoms with Crippen LogP contribution < -0.4 is 5.32 Å². The van der Waals surface area contributed by atoms with Crippen molar-refractivity contribution >= 4 is 9.84 Å². The highest BCUT2D eigenvalue weighted by atomic mass is 32.2. The summed E-state index contributed by atoms with van der Waals surface area (Å²) in [5, 5.41) is 3.09. The van der Waals surface area contributed by atoms with Crippen LogP contribution in [-0.4, -0.2) is 26.5 Å². The maximum atomic E-state index is 11.8. The summed E-state index contributed by atoms with van der Waals surface area (Å²) >= 11 is 0. The van der Waals surface area contributed by atoms with Crippen molar-refractivity contribution in [2.45, 2.75) is 24.6 Å². The summed E-state index contributed by atoms with van der Waals surface area (Å²) < 4.78 is 22.7. The van der Waals surface area contributed by atoms with Gasteiger partial charge in [-0.15, -0.1) is 0 Å². The molecule has 3 nitrogen and oxygen atoms in total. The first-order valence-electron chi connectivity index (χ1n) is 5.22. The van der Waals surface area contributed by atoms with Crippen molar-refractivity contribution < 1.29 is 8.42 Å². The van der Waals surface area contributed by atoms with E-state index in [-0.39, 0.29) is 6.04 Å². The van der Waals surface area contributed by atoms with Crippen molar-refractivity contribution in [1.29, 1.82) is 0 Å². The minimum atomic E-state index is -3.12. The molecule has 1 aromatic carbocycles. The lowest BCUT2D eigenvalue weighted by molar-refractivity contribution is 0.446. The smallest absolute Gasteiger partial charge is 0.154 e. The van der Waals surface area contributed by atoms with Crippen LogP contribution >= 0.6 is 0 Å². The minimum absolute atomic E-state index is 0.205. The molecule has 0 radical (unpaired) electrons. The second kappa shape index (κ2) is 4.55. The average molecular weight is 241 g/mol. The predicted octanol–water partition coefficient (Wildman–Crippen LogP) is 1.77. The van der Waals surface area contributed by atoms with E-state index >= 15 is 0 Å². The number of nitrogens with one attached hydrogen (secondary N) is 1. The summed E-state index contributed by atoms with van der Waals surface area (Å²) in [6.45, 7) is 3.49. The zero-order valence-electron chi connectivity index (χ0n) is 10.2. The Morgan fingerprint density at radius 2 is 1.69 bits per heavy atom. The first-order chi connectivity index (χ1) is 7.30. The van der Waals surface area contributed by atoms with Gasteiger partial charge in [0.2, 0.25) is 0 Å². The highest BCUT2D eigenvalue weighted by molar-refractivity contribution is 7.92. The monoisotopic (exact) mass is 241 g/mol. The van der Waals surface area contributed by atoms with E-state index in [0.717, 1.165) is 5.56 Å². The molecule has 90 valence electrons. The molecule has 0 amide bonds. The molecular weight excluding hydrogens is 222 g/mol. The summed E-state index contributed by atoms with van der Waals surface area (Å²) in [6, 6.07) is 9.42. The Balaban J connectivity index is 3.19. The highest BCUT2D eigenvalue weighted by Gasteiger charge is 2.38. The third kappa shape index (κ3) is 2.44. The molecule has 4 heteroatoms. The van der Waals surface area contributed by atoms with E-state index in [2.05, 4.69) is 5.32 Å². The fourth-order valence-corrected chi connectivity index (χ4v) is 2.46. The van der Waals surface area contributed by atoms with E-state index in [1.807, 2.05) is 30.3 Å². The van der Waals surface area contributed by atoms with Gasteiger partial charge in [-0.2, -0.15) is 0 Å². The molecular formula is C12H19NO2S. The number of hydrogen-bond acceptors (Lipinski definition) is 3. The van der Waals surface area contributed by atoms with Crippen molar-refractivity contribution in [3.8, 4) is 0 Å². The Bertz CT molecular complexity index is 437. The zero-order chi connectivity index (χ0) is 12.4. The van der Waals surface area contributed by atoms with Crippen LogP contribution in [-0.2, 0) is 9.84 Å². The first kappa shape index (κ1) is 13.2. The molecule has 1 rings (SSSR count). The van der Waals surface area contributed by atoms with Gasteiger partial charge in [0, 0.05) is 6.26 Å². The van der Waals surface area contributed by atoms with Crippen LogP contribution in [0.2, 0.25) is 0 Å². The third-order valence-corrected chi connectivity index (χ3v) is 5.22. The van der Waals surface area contributed by atoms with Gasteiger partial charge in [-0.1, -0.05) is 30.3 Å². The van der Waals surface area contributed by atoms with Gasteiger partial charge in [-0.3, -0.25) is 0 Å². The van der Waals surface area contributed by atoms with Crippen LogP contribution in [0.15, 0.2) is 30.3 Å². The summed E-state index contributed by atoms with van der Waals surface area (Å²) in [4.78, 5) is 0. The van der Waals surface area contributed by atoms with Gasteiger partial charge in [-0.05, 0) is 26.5 Å². The van der Waals surface area contributed by atoms with Crippen molar-refractivity contribution in [2.75, 3.05) is 13.3 Å². The molecule has 0 aliphatic carbocycles. The lowest BCUT2D eigenvalue weighted by Crippen LogP contribution is -2.43. The Morgan fingerprint density at radius 1 is 1.19 bits per heavy atom. The van der Waals surface area contributed by atoms with Gasteiger partial charge in [0.15, 0.2) is 9.84 Å². The van der Waals surface area contributed by atoms with Crippen LogP contribution in [0.4, 0.5) is 0 Å². The van der Waals surface area contributed by atoms with Crippen LogP contribution in [0.3, 0.4) is 0 Å². The second-order valence-corrected chi connectivity index (χ2v) is 7.10. The van der Waals surface area contributed by atoms with Gasteiger partial charge in [0.05, 0.1) is 10.8 Å². The van der Waals surface area contributed by atoms with Gasteiger partial charge in [0.1, 0.15) is 0 Å². The molecule has 1 unspecified atom stereocenters. The molecule has 0 saturated carbocycles. The van der Waals surface area contributed by atoms with Crippen LogP contribution in [0.1, 0.15) is 25.5 Å². The fourth-order valence-electron chi connectivity index (χ4n) is 1.78. The van der Waals surface area contributed by atoms with E-state index in [1.54, 1.807) is 20.9 Å². The number of benzene rings is 1. The molecule has 0 saturated heterocycles. The summed E-state index contributed by atoms with van der Waals surface area (Å²) in [5.41, 5.74) is 0.987. The van der Waals surface area contributed by atoms with E-state index in [9.17, 15) is 8.42 Å². The molecule has 0 aliphatic heterocycles. The highest BCUT2D eigenvalue weighted by Crippen LogP contribution is 2.31.